The average Bonchev–Trinajstić information content (AvgIpc) is 2.84. The zero-order chi connectivity index (χ0) is 15.2. The third kappa shape index (κ3) is 2.71. The molecule has 1 aliphatic carbocycles. The highest BCUT2D eigenvalue weighted by Gasteiger charge is 2.28. The van der Waals surface area contributed by atoms with Crippen LogP contribution in [0.2, 0.25) is 0 Å². The van der Waals surface area contributed by atoms with Gasteiger partial charge in [-0.3, -0.25) is 0 Å². The number of aromatic nitrogens is 2. The molecule has 1 aromatic heterocycles. The van der Waals surface area contributed by atoms with Gasteiger partial charge in [0.25, 0.3) is 0 Å². The van der Waals surface area contributed by atoms with Crippen LogP contribution in [0.1, 0.15) is 55.8 Å². The minimum Gasteiger partial charge on any atom is -0.345 e. The Morgan fingerprint density at radius 2 is 2.00 bits per heavy atom. The first kappa shape index (κ1) is 14.9. The quantitative estimate of drug-likeness (QED) is 0.699. The van der Waals surface area contributed by atoms with E-state index in [0.717, 1.165) is 28.8 Å². The van der Waals surface area contributed by atoms with E-state index in [1.54, 1.807) is 0 Å². The fraction of sp³-hybridized carbons (Fsp3) is 0.412. The molecule has 2 nitrogen and oxygen atoms in total. The summed E-state index contributed by atoms with van der Waals surface area (Å²) in [5.41, 5.74) is 3.95. The van der Waals surface area contributed by atoms with Crippen molar-refractivity contribution in [1.82, 2.24) is 9.97 Å². The first-order valence-electron chi connectivity index (χ1n) is 7.26. The van der Waals surface area contributed by atoms with E-state index in [1.807, 2.05) is 0 Å². The number of fused-ring (bicyclic) bond motifs is 1. The van der Waals surface area contributed by atoms with Gasteiger partial charge < -0.3 is 4.98 Å². The minimum absolute atomic E-state index is 0.00219. The van der Waals surface area contributed by atoms with Gasteiger partial charge in [-0.2, -0.15) is 0 Å². The summed E-state index contributed by atoms with van der Waals surface area (Å²) in [4.78, 5) is 8.19. The SMILES string of the molecule is CC(C)(C)c1[nH]c(C2CCc3ccccc32)nc(=S)c1Br. The fourth-order valence-electron chi connectivity index (χ4n) is 3.00. The van der Waals surface area contributed by atoms with Crippen molar-refractivity contribution in [3.8, 4) is 0 Å². The molecule has 4 heteroatoms. The summed E-state index contributed by atoms with van der Waals surface area (Å²) in [6, 6.07) is 8.64. The van der Waals surface area contributed by atoms with Gasteiger partial charge in [-0.1, -0.05) is 57.3 Å². The van der Waals surface area contributed by atoms with E-state index in [0.29, 0.717) is 10.6 Å². The van der Waals surface area contributed by atoms with Gasteiger partial charge in [0, 0.05) is 17.0 Å². The monoisotopic (exact) mass is 362 g/mol. The van der Waals surface area contributed by atoms with Gasteiger partial charge in [-0.15, -0.1) is 0 Å². The summed E-state index contributed by atoms with van der Waals surface area (Å²) in [5, 5.41) is 0. The largest absolute Gasteiger partial charge is 0.345 e. The normalized spacial score (nSPS) is 17.8. The van der Waals surface area contributed by atoms with Crippen LogP contribution in [0.4, 0.5) is 0 Å². The molecule has 0 spiro atoms. The van der Waals surface area contributed by atoms with Crippen LogP contribution in [0.25, 0.3) is 0 Å². The predicted molar refractivity (Wildman–Crippen MR) is 92.4 cm³/mol. The molecule has 1 N–H and O–H groups in total. The molecule has 1 heterocycles. The van der Waals surface area contributed by atoms with Crippen LogP contribution < -0.4 is 0 Å². The van der Waals surface area contributed by atoms with Crippen molar-refractivity contribution in [2.75, 3.05) is 0 Å². The van der Waals surface area contributed by atoms with Crippen LogP contribution in [0.3, 0.4) is 0 Å². The molecule has 2 aromatic rings. The molecule has 1 atom stereocenters. The molecule has 0 amide bonds. The Morgan fingerprint density at radius 1 is 1.29 bits per heavy atom. The Balaban J connectivity index is 2.13. The highest BCUT2D eigenvalue weighted by atomic mass is 79.9. The maximum atomic E-state index is 5.45. The van der Waals surface area contributed by atoms with Gasteiger partial charge in [-0.25, -0.2) is 4.98 Å². The first-order valence-corrected chi connectivity index (χ1v) is 8.46. The van der Waals surface area contributed by atoms with Crippen LogP contribution >= 0.6 is 28.1 Å². The second-order valence-electron chi connectivity index (χ2n) is 6.66. The molecule has 1 aromatic carbocycles. The van der Waals surface area contributed by atoms with Crippen LogP contribution in [-0.4, -0.2) is 9.97 Å². The van der Waals surface area contributed by atoms with E-state index in [-0.39, 0.29) is 5.41 Å². The molecule has 0 aliphatic heterocycles. The topological polar surface area (TPSA) is 28.7 Å². The van der Waals surface area contributed by atoms with Gasteiger partial charge >= 0.3 is 0 Å². The van der Waals surface area contributed by atoms with E-state index < -0.39 is 0 Å². The van der Waals surface area contributed by atoms with Crippen molar-refractivity contribution in [1.29, 1.82) is 0 Å². The summed E-state index contributed by atoms with van der Waals surface area (Å²) < 4.78 is 1.57. The number of halogens is 1. The zero-order valence-corrected chi connectivity index (χ0v) is 14.9. The van der Waals surface area contributed by atoms with Crippen molar-refractivity contribution in [2.24, 2.45) is 0 Å². The van der Waals surface area contributed by atoms with Crippen molar-refractivity contribution < 1.29 is 0 Å². The molecule has 110 valence electrons. The number of H-pyrrole nitrogens is 1. The Kier molecular flexibility index (Phi) is 3.78. The lowest BCUT2D eigenvalue weighted by Gasteiger charge is -2.23. The predicted octanol–water partition coefficient (Wildman–Crippen LogP) is 5.28. The molecule has 1 aliphatic rings. The Labute approximate surface area is 139 Å². The van der Waals surface area contributed by atoms with Gasteiger partial charge in [0.1, 0.15) is 10.5 Å². The highest BCUT2D eigenvalue weighted by molar-refractivity contribution is 9.10. The number of nitrogens with one attached hydrogen (secondary N) is 1. The van der Waals surface area contributed by atoms with Crippen molar-refractivity contribution >= 4 is 28.1 Å². The molecule has 1 unspecified atom stereocenters. The number of hydrogen-bond acceptors (Lipinski definition) is 2. The van der Waals surface area contributed by atoms with E-state index in [2.05, 4.69) is 70.9 Å². The number of aryl methyl sites for hydroxylation is 1. The number of aromatic amines is 1. The summed E-state index contributed by atoms with van der Waals surface area (Å²) in [6.45, 7) is 6.56. The van der Waals surface area contributed by atoms with Crippen molar-refractivity contribution in [3.05, 3.63) is 56.0 Å². The summed E-state index contributed by atoms with van der Waals surface area (Å²) >= 11 is 9.05. The summed E-state index contributed by atoms with van der Waals surface area (Å²) in [6.07, 6.45) is 2.22. The van der Waals surface area contributed by atoms with Gasteiger partial charge in [-0.05, 0) is 39.9 Å². The van der Waals surface area contributed by atoms with Crippen molar-refractivity contribution in [3.63, 3.8) is 0 Å². The lowest BCUT2D eigenvalue weighted by atomic mass is 9.91. The number of benzene rings is 1. The van der Waals surface area contributed by atoms with E-state index >= 15 is 0 Å². The minimum atomic E-state index is 0.00219. The van der Waals surface area contributed by atoms with Gasteiger partial charge in [0.15, 0.2) is 0 Å². The Bertz CT molecular complexity index is 743. The molecule has 21 heavy (non-hydrogen) atoms. The van der Waals surface area contributed by atoms with Crippen LogP contribution in [0, 0.1) is 4.64 Å². The molecule has 0 bridgehead atoms. The third-order valence-corrected chi connectivity index (χ3v) is 5.43. The summed E-state index contributed by atoms with van der Waals surface area (Å²) in [7, 11) is 0. The van der Waals surface area contributed by atoms with Crippen LogP contribution in [0.15, 0.2) is 28.7 Å². The highest BCUT2D eigenvalue weighted by Crippen LogP contribution is 2.38. The molecule has 0 fully saturated rings. The molecule has 3 rings (SSSR count). The van der Waals surface area contributed by atoms with E-state index in [9.17, 15) is 0 Å². The molecule has 0 radical (unpaired) electrons. The van der Waals surface area contributed by atoms with E-state index in [1.165, 1.54) is 11.1 Å². The third-order valence-electron chi connectivity index (χ3n) is 4.10. The summed E-state index contributed by atoms with van der Waals surface area (Å²) in [5.74, 6) is 1.33. The number of nitrogens with zero attached hydrogens (tertiary/aromatic N) is 1. The smallest absolute Gasteiger partial charge is 0.144 e. The maximum Gasteiger partial charge on any atom is 0.144 e. The number of rotatable bonds is 1. The fourth-order valence-corrected chi connectivity index (χ4v) is 3.98. The second-order valence-corrected chi connectivity index (χ2v) is 7.84. The molecular weight excluding hydrogens is 344 g/mol. The lowest BCUT2D eigenvalue weighted by molar-refractivity contribution is 0.552. The van der Waals surface area contributed by atoms with Gasteiger partial charge in [0.2, 0.25) is 0 Å². The lowest BCUT2D eigenvalue weighted by Crippen LogP contribution is -2.18. The zero-order valence-electron chi connectivity index (χ0n) is 12.5. The van der Waals surface area contributed by atoms with Crippen molar-refractivity contribution in [2.45, 2.75) is 44.9 Å². The van der Waals surface area contributed by atoms with Crippen LogP contribution in [0.5, 0.6) is 0 Å². The van der Waals surface area contributed by atoms with Crippen LogP contribution in [-0.2, 0) is 11.8 Å². The molecule has 0 saturated carbocycles. The average molecular weight is 363 g/mol. The van der Waals surface area contributed by atoms with E-state index in [4.69, 9.17) is 12.2 Å². The maximum absolute atomic E-state index is 5.45. The Hall–Kier alpha value is -1.00. The second kappa shape index (κ2) is 5.33. The molecule has 0 saturated heterocycles. The Morgan fingerprint density at radius 3 is 2.71 bits per heavy atom. The standard InChI is InChI=1S/C17H19BrN2S/c1-17(2,3)14-13(18)16(21)20-15(19-14)12-9-8-10-6-4-5-7-11(10)12/h4-7,12H,8-9H2,1-3H3,(H,19,20,21). The molecular formula is C17H19BrN2S. The number of hydrogen-bond donors (Lipinski definition) is 1. The van der Waals surface area contributed by atoms with Gasteiger partial charge in [0.05, 0.1) is 4.47 Å². The first-order chi connectivity index (χ1) is 9.88.